The van der Waals surface area contributed by atoms with E-state index in [-0.39, 0.29) is 18.4 Å². The molecule has 0 aliphatic carbocycles. The summed E-state index contributed by atoms with van der Waals surface area (Å²) in [6.45, 7) is 1.39. The second kappa shape index (κ2) is 9.59. The first kappa shape index (κ1) is 18.7. The van der Waals surface area contributed by atoms with Crippen molar-refractivity contribution >= 4 is 12.4 Å². The van der Waals surface area contributed by atoms with Gasteiger partial charge in [0.1, 0.15) is 0 Å². The van der Waals surface area contributed by atoms with Crippen molar-refractivity contribution in [2.45, 2.75) is 25.1 Å². The summed E-state index contributed by atoms with van der Waals surface area (Å²) < 4.78 is 0. The highest BCUT2D eigenvalue weighted by Gasteiger charge is 2.17. The molecule has 0 saturated heterocycles. The molecule has 0 aliphatic rings. The van der Waals surface area contributed by atoms with Crippen LogP contribution in [0.15, 0.2) is 60.7 Å². The molecule has 2 rings (SSSR count). The quantitative estimate of drug-likeness (QED) is 0.824. The molecule has 0 aromatic heterocycles. The van der Waals surface area contributed by atoms with Crippen LogP contribution in [0.4, 0.5) is 0 Å². The van der Waals surface area contributed by atoms with Gasteiger partial charge < -0.3 is 10.8 Å². The zero-order valence-corrected chi connectivity index (χ0v) is 13.7. The Morgan fingerprint density at radius 3 is 2.00 bits per heavy atom. The third-order valence-corrected chi connectivity index (χ3v) is 3.60. The van der Waals surface area contributed by atoms with Crippen molar-refractivity contribution in [1.29, 1.82) is 0 Å². The molecule has 0 spiro atoms. The maximum absolute atomic E-state index is 10.3. The van der Waals surface area contributed by atoms with Crippen LogP contribution in [0.2, 0.25) is 0 Å². The summed E-state index contributed by atoms with van der Waals surface area (Å²) in [6, 6.07) is 20.1. The molecule has 2 atom stereocenters. The first-order valence-corrected chi connectivity index (χ1v) is 7.35. The Balaban J connectivity index is 0.00000242. The minimum absolute atomic E-state index is 0. The predicted molar refractivity (Wildman–Crippen MR) is 94.2 cm³/mol. The third-order valence-electron chi connectivity index (χ3n) is 3.60. The first-order chi connectivity index (χ1) is 10.1. The average Bonchev–Trinajstić information content (AvgIpc) is 2.49. The average molecular weight is 321 g/mol. The molecule has 120 valence electrons. The number of rotatable bonds is 7. The monoisotopic (exact) mass is 320 g/mol. The van der Waals surface area contributed by atoms with Gasteiger partial charge in [-0.2, -0.15) is 0 Å². The van der Waals surface area contributed by atoms with Crippen LogP contribution in [0.25, 0.3) is 0 Å². The highest BCUT2D eigenvalue weighted by atomic mass is 35.5. The van der Waals surface area contributed by atoms with Crippen molar-refractivity contribution in [3.05, 3.63) is 71.8 Å². The topological polar surface area (TPSA) is 49.5 Å². The van der Waals surface area contributed by atoms with Gasteiger partial charge in [-0.1, -0.05) is 60.7 Å². The lowest BCUT2D eigenvalue weighted by Crippen LogP contribution is -2.43. The summed E-state index contributed by atoms with van der Waals surface area (Å²) in [5.74, 6) is 0. The van der Waals surface area contributed by atoms with Gasteiger partial charge in [0.25, 0.3) is 0 Å². The molecule has 0 amide bonds. The van der Waals surface area contributed by atoms with Crippen molar-refractivity contribution in [3.8, 4) is 0 Å². The normalized spacial score (nSPS) is 13.5. The van der Waals surface area contributed by atoms with Gasteiger partial charge in [0.05, 0.1) is 6.10 Å². The molecular weight excluding hydrogens is 296 g/mol. The number of nitrogens with zero attached hydrogens (tertiary/aromatic N) is 1. The van der Waals surface area contributed by atoms with Gasteiger partial charge in [-0.3, -0.25) is 4.90 Å². The van der Waals surface area contributed by atoms with Crippen molar-refractivity contribution < 1.29 is 5.11 Å². The number of nitrogens with two attached hydrogens (primary N) is 1. The van der Waals surface area contributed by atoms with Gasteiger partial charge >= 0.3 is 0 Å². The van der Waals surface area contributed by atoms with E-state index in [1.165, 1.54) is 5.56 Å². The number of aliphatic hydroxyl groups is 1. The SMILES string of the molecule is CN(Cc1ccccc1)C[C@H](O)[C@H](N)Cc1ccccc1.Cl. The molecule has 2 aromatic rings. The molecule has 0 heterocycles. The predicted octanol–water partition coefficient (Wildman–Crippen LogP) is 2.47. The van der Waals surface area contributed by atoms with E-state index in [4.69, 9.17) is 5.73 Å². The van der Waals surface area contributed by atoms with E-state index in [2.05, 4.69) is 17.0 Å². The molecule has 3 nitrogen and oxygen atoms in total. The Labute approximate surface area is 139 Å². The lowest BCUT2D eigenvalue weighted by atomic mass is 10.0. The maximum Gasteiger partial charge on any atom is 0.0820 e. The smallest absolute Gasteiger partial charge is 0.0820 e. The van der Waals surface area contributed by atoms with E-state index < -0.39 is 6.10 Å². The molecule has 0 unspecified atom stereocenters. The van der Waals surface area contributed by atoms with Crippen molar-refractivity contribution in [2.75, 3.05) is 13.6 Å². The molecule has 3 N–H and O–H groups in total. The molecule has 0 fully saturated rings. The lowest BCUT2D eigenvalue weighted by molar-refractivity contribution is 0.0992. The van der Waals surface area contributed by atoms with Crippen LogP contribution in [0.1, 0.15) is 11.1 Å². The summed E-state index contributed by atoms with van der Waals surface area (Å²) in [5, 5.41) is 10.3. The molecule has 4 heteroatoms. The zero-order chi connectivity index (χ0) is 15.1. The number of hydrogen-bond acceptors (Lipinski definition) is 3. The van der Waals surface area contributed by atoms with Crippen LogP contribution in [0.5, 0.6) is 0 Å². The fourth-order valence-corrected chi connectivity index (χ4v) is 2.44. The molecule has 0 bridgehead atoms. The second-order valence-corrected chi connectivity index (χ2v) is 5.60. The summed E-state index contributed by atoms with van der Waals surface area (Å²) in [6.07, 6.45) is 0.167. The van der Waals surface area contributed by atoms with Crippen molar-refractivity contribution in [1.82, 2.24) is 4.90 Å². The Kier molecular flexibility index (Phi) is 8.13. The Morgan fingerprint density at radius 2 is 1.45 bits per heavy atom. The van der Waals surface area contributed by atoms with Gasteiger partial charge in [0.15, 0.2) is 0 Å². The number of likely N-dealkylation sites (N-methyl/N-ethyl adjacent to an activating group) is 1. The number of halogens is 1. The highest BCUT2D eigenvalue weighted by Crippen LogP contribution is 2.07. The van der Waals surface area contributed by atoms with E-state index in [1.54, 1.807) is 0 Å². The van der Waals surface area contributed by atoms with Gasteiger partial charge in [0, 0.05) is 19.1 Å². The van der Waals surface area contributed by atoms with E-state index in [1.807, 2.05) is 55.6 Å². The van der Waals surface area contributed by atoms with Crippen LogP contribution < -0.4 is 5.73 Å². The van der Waals surface area contributed by atoms with Crippen molar-refractivity contribution in [3.63, 3.8) is 0 Å². The van der Waals surface area contributed by atoms with Gasteiger partial charge in [-0.25, -0.2) is 0 Å². The summed E-state index contributed by atoms with van der Waals surface area (Å²) in [5.41, 5.74) is 8.52. The maximum atomic E-state index is 10.3. The Bertz CT molecular complexity index is 521. The largest absolute Gasteiger partial charge is 0.390 e. The standard InChI is InChI=1S/C18H24N2O.ClH/c1-20(13-16-10-6-3-7-11-16)14-18(21)17(19)12-15-8-4-2-5-9-15;/h2-11,17-18,21H,12-14,19H2,1H3;1H/t17-,18+;/m1./s1. The minimum atomic E-state index is -0.529. The molecule has 2 aromatic carbocycles. The second-order valence-electron chi connectivity index (χ2n) is 5.60. The van der Waals surface area contributed by atoms with Gasteiger partial charge in [0.2, 0.25) is 0 Å². The van der Waals surface area contributed by atoms with E-state index in [0.717, 1.165) is 12.1 Å². The summed E-state index contributed by atoms with van der Waals surface area (Å²) in [7, 11) is 2.01. The van der Waals surface area contributed by atoms with Crippen molar-refractivity contribution in [2.24, 2.45) is 5.73 Å². The molecule has 22 heavy (non-hydrogen) atoms. The lowest BCUT2D eigenvalue weighted by Gasteiger charge is -2.25. The highest BCUT2D eigenvalue weighted by molar-refractivity contribution is 5.85. The minimum Gasteiger partial charge on any atom is -0.390 e. The van der Waals surface area contributed by atoms with E-state index in [9.17, 15) is 5.11 Å². The first-order valence-electron chi connectivity index (χ1n) is 7.35. The number of benzene rings is 2. The molecule has 0 aliphatic heterocycles. The van der Waals surface area contributed by atoms with E-state index in [0.29, 0.717) is 13.0 Å². The molecular formula is C18H25ClN2O. The summed E-state index contributed by atoms with van der Waals surface area (Å²) in [4.78, 5) is 2.10. The van der Waals surface area contributed by atoms with Crippen LogP contribution in [-0.4, -0.2) is 35.7 Å². The van der Waals surface area contributed by atoms with Crippen LogP contribution in [0, 0.1) is 0 Å². The fourth-order valence-electron chi connectivity index (χ4n) is 2.44. The van der Waals surface area contributed by atoms with Gasteiger partial charge in [-0.15, -0.1) is 12.4 Å². The van der Waals surface area contributed by atoms with Crippen LogP contribution in [0.3, 0.4) is 0 Å². The molecule has 0 radical (unpaired) electrons. The summed E-state index contributed by atoms with van der Waals surface area (Å²) >= 11 is 0. The third kappa shape index (κ3) is 6.16. The van der Waals surface area contributed by atoms with Gasteiger partial charge in [-0.05, 0) is 24.6 Å². The Morgan fingerprint density at radius 1 is 0.955 bits per heavy atom. The fraction of sp³-hybridized carbons (Fsp3) is 0.333. The van der Waals surface area contributed by atoms with Crippen LogP contribution >= 0.6 is 12.4 Å². The van der Waals surface area contributed by atoms with Crippen LogP contribution in [-0.2, 0) is 13.0 Å². The van der Waals surface area contributed by atoms with E-state index >= 15 is 0 Å². The zero-order valence-electron chi connectivity index (χ0n) is 12.9. The number of hydrogen-bond donors (Lipinski definition) is 2. The molecule has 0 saturated carbocycles. The Hall–Kier alpha value is -1.39. The number of aliphatic hydroxyl groups excluding tert-OH is 1.